The number of rotatable bonds is 6. The monoisotopic (exact) mass is 351 g/mol. The molecule has 6 nitrogen and oxygen atoms in total. The van der Waals surface area contributed by atoms with Gasteiger partial charge in [0.15, 0.2) is 0 Å². The lowest BCUT2D eigenvalue weighted by atomic mass is 10.3. The van der Waals surface area contributed by atoms with Crippen molar-refractivity contribution < 1.29 is 23.1 Å². The zero-order valence-corrected chi connectivity index (χ0v) is 12.8. The molecule has 0 spiro atoms. The van der Waals surface area contributed by atoms with Gasteiger partial charge >= 0.3 is 5.97 Å². The minimum atomic E-state index is -3.88. The number of carbonyl (C=O) groups is 1. The average molecular weight is 352 g/mol. The molecule has 0 saturated heterocycles. The van der Waals surface area contributed by atoms with Crippen molar-refractivity contribution in [1.29, 1.82) is 0 Å². The first-order valence-corrected chi connectivity index (χ1v) is 7.73. The van der Waals surface area contributed by atoms with E-state index in [0.29, 0.717) is 16.8 Å². The van der Waals surface area contributed by atoms with Gasteiger partial charge in [-0.15, -0.1) is 0 Å². The molecular formula is C11H14BrNO5S. The van der Waals surface area contributed by atoms with Crippen LogP contribution < -0.4 is 9.46 Å². The molecular weight excluding hydrogens is 338 g/mol. The number of halogens is 1. The summed E-state index contributed by atoms with van der Waals surface area (Å²) in [6.07, 6.45) is 0. The summed E-state index contributed by atoms with van der Waals surface area (Å²) in [4.78, 5) is 10.6. The third kappa shape index (κ3) is 4.19. The smallest absolute Gasteiger partial charge is 0.321 e. The Hall–Kier alpha value is -1.12. The van der Waals surface area contributed by atoms with Crippen molar-refractivity contribution in [3.8, 4) is 5.75 Å². The molecule has 2 N–H and O–H groups in total. The molecule has 0 aliphatic carbocycles. The van der Waals surface area contributed by atoms with Crippen LogP contribution in [-0.2, 0) is 14.8 Å². The fourth-order valence-electron chi connectivity index (χ4n) is 1.27. The number of aliphatic carboxylic acids is 1. The van der Waals surface area contributed by atoms with Gasteiger partial charge in [-0.3, -0.25) is 4.79 Å². The largest absolute Gasteiger partial charge is 0.493 e. The molecule has 0 fully saturated rings. The lowest BCUT2D eigenvalue weighted by Gasteiger charge is -2.12. The van der Waals surface area contributed by atoms with Crippen molar-refractivity contribution in [3.63, 3.8) is 0 Å². The van der Waals surface area contributed by atoms with E-state index in [2.05, 4.69) is 20.7 Å². The summed E-state index contributed by atoms with van der Waals surface area (Å²) in [6, 6.07) is 3.03. The van der Waals surface area contributed by atoms with Crippen LogP contribution in [0.25, 0.3) is 0 Å². The Labute approximate surface area is 120 Å². The van der Waals surface area contributed by atoms with Crippen molar-refractivity contribution in [2.75, 3.05) is 6.61 Å². The molecule has 106 valence electrons. The standard InChI is InChI=1S/C11H14BrNO5S/c1-3-18-10-5-4-8(6-9(10)12)19(16,17)13-7(2)11(14)15/h4-7,13H,3H2,1-2H3,(H,14,15). The molecule has 0 saturated carbocycles. The van der Waals surface area contributed by atoms with Crippen molar-refractivity contribution in [2.24, 2.45) is 0 Å². The normalized spacial score (nSPS) is 13.0. The van der Waals surface area contributed by atoms with Crippen LogP contribution in [0.15, 0.2) is 27.6 Å². The third-order valence-corrected chi connectivity index (χ3v) is 4.37. The Balaban J connectivity index is 3.02. The Morgan fingerprint density at radius 3 is 2.63 bits per heavy atom. The second-order valence-corrected chi connectivity index (χ2v) is 6.27. The number of carboxylic acids is 1. The van der Waals surface area contributed by atoms with Crippen LogP contribution in [0.2, 0.25) is 0 Å². The fourth-order valence-corrected chi connectivity index (χ4v) is 3.14. The molecule has 1 aromatic rings. The highest BCUT2D eigenvalue weighted by atomic mass is 79.9. The summed E-state index contributed by atoms with van der Waals surface area (Å²) in [7, 11) is -3.88. The maximum Gasteiger partial charge on any atom is 0.321 e. The number of hydrogen-bond donors (Lipinski definition) is 2. The van der Waals surface area contributed by atoms with E-state index in [-0.39, 0.29) is 4.90 Å². The molecule has 1 atom stereocenters. The lowest BCUT2D eigenvalue weighted by molar-refractivity contribution is -0.138. The second-order valence-electron chi connectivity index (χ2n) is 3.71. The fraction of sp³-hybridized carbons (Fsp3) is 0.364. The number of ether oxygens (including phenoxy) is 1. The van der Waals surface area contributed by atoms with Crippen molar-refractivity contribution >= 4 is 31.9 Å². The maximum atomic E-state index is 11.9. The highest BCUT2D eigenvalue weighted by Gasteiger charge is 2.22. The number of hydrogen-bond acceptors (Lipinski definition) is 4. The summed E-state index contributed by atoms with van der Waals surface area (Å²) < 4.78 is 31.7. The molecule has 0 aromatic heterocycles. The molecule has 0 radical (unpaired) electrons. The van der Waals surface area contributed by atoms with Gasteiger partial charge in [0.2, 0.25) is 10.0 Å². The number of sulfonamides is 1. The molecule has 0 bridgehead atoms. The van der Waals surface area contributed by atoms with Crippen molar-refractivity contribution in [2.45, 2.75) is 24.8 Å². The van der Waals surface area contributed by atoms with E-state index in [4.69, 9.17) is 9.84 Å². The van der Waals surface area contributed by atoms with Gasteiger partial charge in [-0.25, -0.2) is 8.42 Å². The van der Waals surface area contributed by atoms with Gasteiger partial charge in [0.1, 0.15) is 11.8 Å². The number of nitrogens with one attached hydrogen (secondary N) is 1. The molecule has 19 heavy (non-hydrogen) atoms. The third-order valence-electron chi connectivity index (χ3n) is 2.22. The van der Waals surface area contributed by atoms with Crippen LogP contribution >= 0.6 is 15.9 Å². The van der Waals surface area contributed by atoms with Crippen LogP contribution in [-0.4, -0.2) is 32.1 Å². The summed E-state index contributed by atoms with van der Waals surface area (Å²) in [5, 5.41) is 8.70. The van der Waals surface area contributed by atoms with E-state index in [0.717, 1.165) is 0 Å². The Bertz CT molecular complexity index is 572. The van der Waals surface area contributed by atoms with Gasteiger partial charge in [0, 0.05) is 0 Å². The molecule has 1 rings (SSSR count). The summed E-state index contributed by atoms with van der Waals surface area (Å²) in [5.41, 5.74) is 0. The highest BCUT2D eigenvalue weighted by Crippen LogP contribution is 2.27. The zero-order valence-electron chi connectivity index (χ0n) is 10.4. The molecule has 0 amide bonds. The van der Waals surface area contributed by atoms with E-state index in [1.807, 2.05) is 6.92 Å². The Kier molecular flexibility index (Phi) is 5.33. The van der Waals surface area contributed by atoms with Gasteiger partial charge in [0.05, 0.1) is 16.0 Å². The molecule has 0 heterocycles. The number of carboxylic acid groups (broad SMARTS) is 1. The predicted octanol–water partition coefficient (Wildman–Crippen LogP) is 1.60. The molecule has 0 aliphatic rings. The zero-order chi connectivity index (χ0) is 14.6. The van der Waals surface area contributed by atoms with Gasteiger partial charge in [-0.05, 0) is 48.0 Å². The SMILES string of the molecule is CCOc1ccc(S(=O)(=O)NC(C)C(=O)O)cc1Br. The van der Waals surface area contributed by atoms with Gasteiger partial charge in [-0.2, -0.15) is 4.72 Å². The highest BCUT2D eigenvalue weighted by molar-refractivity contribution is 9.10. The second kappa shape index (κ2) is 6.36. The van der Waals surface area contributed by atoms with Crippen LogP contribution in [0.4, 0.5) is 0 Å². The first kappa shape index (κ1) is 15.9. The van der Waals surface area contributed by atoms with Crippen LogP contribution in [0.3, 0.4) is 0 Å². The minimum absolute atomic E-state index is 0.0315. The van der Waals surface area contributed by atoms with Crippen LogP contribution in [0.1, 0.15) is 13.8 Å². The summed E-state index contributed by atoms with van der Waals surface area (Å²) in [5.74, 6) is -0.721. The molecule has 8 heteroatoms. The van der Waals surface area contributed by atoms with Crippen molar-refractivity contribution in [1.82, 2.24) is 4.72 Å². The first-order chi connectivity index (χ1) is 8.77. The van der Waals surface area contributed by atoms with E-state index < -0.39 is 22.0 Å². The Morgan fingerprint density at radius 2 is 2.16 bits per heavy atom. The van der Waals surface area contributed by atoms with E-state index in [1.54, 1.807) is 0 Å². The van der Waals surface area contributed by atoms with Gasteiger partial charge in [0.25, 0.3) is 0 Å². The average Bonchev–Trinajstić information content (AvgIpc) is 2.31. The molecule has 0 aliphatic heterocycles. The minimum Gasteiger partial charge on any atom is -0.493 e. The van der Waals surface area contributed by atoms with Gasteiger partial charge < -0.3 is 9.84 Å². The summed E-state index contributed by atoms with van der Waals surface area (Å²) in [6.45, 7) is 3.52. The predicted molar refractivity (Wildman–Crippen MR) is 72.7 cm³/mol. The van der Waals surface area contributed by atoms with Crippen LogP contribution in [0.5, 0.6) is 5.75 Å². The quantitative estimate of drug-likeness (QED) is 0.811. The summed E-state index contributed by atoms with van der Waals surface area (Å²) >= 11 is 3.20. The van der Waals surface area contributed by atoms with Crippen molar-refractivity contribution in [3.05, 3.63) is 22.7 Å². The van der Waals surface area contributed by atoms with Gasteiger partial charge in [-0.1, -0.05) is 0 Å². The van der Waals surface area contributed by atoms with E-state index in [9.17, 15) is 13.2 Å². The lowest BCUT2D eigenvalue weighted by Crippen LogP contribution is -2.38. The van der Waals surface area contributed by atoms with E-state index in [1.165, 1.54) is 25.1 Å². The maximum absolute atomic E-state index is 11.9. The number of benzene rings is 1. The van der Waals surface area contributed by atoms with E-state index >= 15 is 0 Å². The Morgan fingerprint density at radius 1 is 1.53 bits per heavy atom. The molecule has 1 aromatic carbocycles. The van der Waals surface area contributed by atoms with Crippen LogP contribution in [0, 0.1) is 0 Å². The molecule has 1 unspecified atom stereocenters. The topological polar surface area (TPSA) is 92.7 Å². The first-order valence-electron chi connectivity index (χ1n) is 5.45.